The molecule has 1 N–H and O–H groups in total. The molecule has 0 atom stereocenters. The fraction of sp³-hybridized carbons (Fsp3) is 0.176. The normalized spacial score (nSPS) is 12.9. The SMILES string of the molecule is CC(=O)Nc1ccc(C(=O)N2Cc3ccccc3C2)cc1. The van der Waals surface area contributed by atoms with Crippen LogP contribution >= 0.6 is 0 Å². The number of amides is 2. The van der Waals surface area contributed by atoms with Crippen molar-refractivity contribution in [3.63, 3.8) is 0 Å². The molecule has 0 fully saturated rings. The van der Waals surface area contributed by atoms with Crippen LogP contribution in [-0.4, -0.2) is 16.7 Å². The first-order valence-corrected chi connectivity index (χ1v) is 6.87. The van der Waals surface area contributed by atoms with E-state index in [2.05, 4.69) is 17.4 Å². The molecule has 1 aliphatic heterocycles. The van der Waals surface area contributed by atoms with Gasteiger partial charge in [-0.15, -0.1) is 0 Å². The Morgan fingerprint density at radius 1 is 0.952 bits per heavy atom. The maximum Gasteiger partial charge on any atom is 0.254 e. The number of nitrogens with one attached hydrogen (secondary N) is 1. The third kappa shape index (κ3) is 2.79. The van der Waals surface area contributed by atoms with Gasteiger partial charge in [-0.2, -0.15) is 0 Å². The minimum Gasteiger partial charge on any atom is -0.330 e. The summed E-state index contributed by atoms with van der Waals surface area (Å²) < 4.78 is 0. The lowest BCUT2D eigenvalue weighted by molar-refractivity contribution is -0.114. The molecular weight excluding hydrogens is 264 g/mol. The predicted octanol–water partition coefficient (Wildman–Crippen LogP) is 2.80. The molecule has 0 bridgehead atoms. The number of anilines is 1. The van der Waals surface area contributed by atoms with Crippen molar-refractivity contribution in [2.45, 2.75) is 20.0 Å². The molecular formula is C17H16N2O2. The largest absolute Gasteiger partial charge is 0.330 e. The van der Waals surface area contributed by atoms with Crippen molar-refractivity contribution < 1.29 is 9.59 Å². The molecule has 0 spiro atoms. The van der Waals surface area contributed by atoms with Crippen LogP contribution in [0, 0.1) is 0 Å². The van der Waals surface area contributed by atoms with Crippen molar-refractivity contribution in [2.75, 3.05) is 5.32 Å². The summed E-state index contributed by atoms with van der Waals surface area (Å²) in [4.78, 5) is 25.3. The number of carbonyl (C=O) groups excluding carboxylic acids is 2. The van der Waals surface area contributed by atoms with Gasteiger partial charge in [-0.3, -0.25) is 9.59 Å². The van der Waals surface area contributed by atoms with E-state index in [1.807, 2.05) is 17.0 Å². The van der Waals surface area contributed by atoms with Crippen LogP contribution in [0.2, 0.25) is 0 Å². The predicted molar refractivity (Wildman–Crippen MR) is 80.8 cm³/mol. The lowest BCUT2D eigenvalue weighted by Crippen LogP contribution is -2.25. The Morgan fingerprint density at radius 3 is 2.05 bits per heavy atom. The number of carbonyl (C=O) groups is 2. The van der Waals surface area contributed by atoms with Crippen LogP contribution in [0.15, 0.2) is 48.5 Å². The van der Waals surface area contributed by atoms with Gasteiger partial charge in [0.1, 0.15) is 0 Å². The second-order valence-electron chi connectivity index (χ2n) is 5.19. The van der Waals surface area contributed by atoms with E-state index in [9.17, 15) is 9.59 Å². The van der Waals surface area contributed by atoms with Crippen molar-refractivity contribution in [3.05, 3.63) is 65.2 Å². The molecule has 2 aromatic rings. The van der Waals surface area contributed by atoms with Gasteiger partial charge in [-0.1, -0.05) is 24.3 Å². The Morgan fingerprint density at radius 2 is 1.52 bits per heavy atom. The summed E-state index contributed by atoms with van der Waals surface area (Å²) in [7, 11) is 0. The van der Waals surface area contributed by atoms with Gasteiger partial charge in [0.15, 0.2) is 0 Å². The zero-order valence-corrected chi connectivity index (χ0v) is 11.8. The average molecular weight is 280 g/mol. The van der Waals surface area contributed by atoms with Gasteiger partial charge in [0.05, 0.1) is 0 Å². The van der Waals surface area contributed by atoms with Gasteiger partial charge in [0.2, 0.25) is 5.91 Å². The molecule has 3 rings (SSSR count). The summed E-state index contributed by atoms with van der Waals surface area (Å²) in [6.45, 7) is 2.77. The van der Waals surface area contributed by atoms with Crippen LogP contribution in [0.25, 0.3) is 0 Å². The van der Waals surface area contributed by atoms with Crippen LogP contribution in [0.1, 0.15) is 28.4 Å². The van der Waals surface area contributed by atoms with Crippen molar-refractivity contribution in [1.29, 1.82) is 0 Å². The fourth-order valence-corrected chi connectivity index (χ4v) is 2.56. The first kappa shape index (κ1) is 13.4. The molecule has 0 saturated carbocycles. The van der Waals surface area contributed by atoms with Crippen LogP contribution in [0.3, 0.4) is 0 Å². The number of fused-ring (bicyclic) bond motifs is 1. The number of hydrogen-bond acceptors (Lipinski definition) is 2. The van der Waals surface area contributed by atoms with E-state index in [0.29, 0.717) is 24.3 Å². The highest BCUT2D eigenvalue weighted by Crippen LogP contribution is 2.24. The molecule has 4 nitrogen and oxygen atoms in total. The monoisotopic (exact) mass is 280 g/mol. The summed E-state index contributed by atoms with van der Waals surface area (Å²) in [5, 5.41) is 2.69. The van der Waals surface area contributed by atoms with Crippen molar-refractivity contribution in [1.82, 2.24) is 4.90 Å². The summed E-state index contributed by atoms with van der Waals surface area (Å²) >= 11 is 0. The average Bonchev–Trinajstić information content (AvgIpc) is 2.90. The maximum atomic E-state index is 12.5. The molecule has 0 unspecified atom stereocenters. The van der Waals surface area contributed by atoms with Crippen molar-refractivity contribution in [3.8, 4) is 0 Å². The molecule has 1 aliphatic rings. The molecule has 21 heavy (non-hydrogen) atoms. The van der Waals surface area contributed by atoms with Gasteiger partial charge in [0, 0.05) is 31.3 Å². The molecule has 0 aromatic heterocycles. The van der Waals surface area contributed by atoms with E-state index in [0.717, 1.165) is 0 Å². The molecule has 2 aromatic carbocycles. The van der Waals surface area contributed by atoms with Crippen LogP contribution < -0.4 is 5.32 Å². The van der Waals surface area contributed by atoms with Crippen LogP contribution in [0.4, 0.5) is 5.69 Å². The molecule has 0 aliphatic carbocycles. The Bertz CT molecular complexity index is 667. The van der Waals surface area contributed by atoms with E-state index in [1.165, 1.54) is 18.1 Å². The highest BCUT2D eigenvalue weighted by atomic mass is 16.2. The number of rotatable bonds is 2. The molecule has 106 valence electrons. The lowest BCUT2D eigenvalue weighted by atomic mass is 10.1. The summed E-state index contributed by atoms with van der Waals surface area (Å²) in [6.07, 6.45) is 0. The first-order valence-electron chi connectivity index (χ1n) is 6.87. The minimum absolute atomic E-state index is 0.0144. The van der Waals surface area contributed by atoms with Gasteiger partial charge in [-0.25, -0.2) is 0 Å². The Kier molecular flexibility index (Phi) is 3.44. The Hall–Kier alpha value is -2.62. The lowest BCUT2D eigenvalue weighted by Gasteiger charge is -2.15. The van der Waals surface area contributed by atoms with Gasteiger partial charge in [0.25, 0.3) is 5.91 Å². The summed E-state index contributed by atoms with van der Waals surface area (Å²) in [5.41, 5.74) is 3.75. The van der Waals surface area contributed by atoms with Gasteiger partial charge >= 0.3 is 0 Å². The number of hydrogen-bond donors (Lipinski definition) is 1. The third-order valence-electron chi connectivity index (χ3n) is 3.58. The molecule has 1 heterocycles. The van der Waals surface area contributed by atoms with Gasteiger partial charge < -0.3 is 10.2 Å². The fourth-order valence-electron chi connectivity index (χ4n) is 2.56. The summed E-state index contributed by atoms with van der Waals surface area (Å²) in [6, 6.07) is 15.1. The second kappa shape index (κ2) is 5.40. The van der Waals surface area contributed by atoms with Crippen molar-refractivity contribution in [2.24, 2.45) is 0 Å². The van der Waals surface area contributed by atoms with E-state index in [1.54, 1.807) is 24.3 Å². The standard InChI is InChI=1S/C17H16N2O2/c1-12(20)18-16-8-6-13(7-9-16)17(21)19-10-14-4-2-3-5-15(14)11-19/h2-9H,10-11H2,1H3,(H,18,20). The van der Waals surface area contributed by atoms with Crippen molar-refractivity contribution >= 4 is 17.5 Å². The molecule has 2 amide bonds. The zero-order valence-electron chi connectivity index (χ0n) is 11.8. The third-order valence-corrected chi connectivity index (χ3v) is 3.58. The topological polar surface area (TPSA) is 49.4 Å². The second-order valence-corrected chi connectivity index (χ2v) is 5.19. The number of benzene rings is 2. The molecule has 0 radical (unpaired) electrons. The Labute approximate surface area is 123 Å². The van der Waals surface area contributed by atoms with E-state index < -0.39 is 0 Å². The molecule has 0 saturated heterocycles. The van der Waals surface area contributed by atoms with Crippen LogP contribution in [0.5, 0.6) is 0 Å². The quantitative estimate of drug-likeness (QED) is 0.919. The zero-order chi connectivity index (χ0) is 14.8. The Balaban J connectivity index is 1.73. The highest BCUT2D eigenvalue weighted by molar-refractivity contribution is 5.95. The minimum atomic E-state index is -0.121. The van der Waals surface area contributed by atoms with Gasteiger partial charge in [-0.05, 0) is 35.4 Å². The molecule has 4 heteroatoms. The van der Waals surface area contributed by atoms with E-state index in [4.69, 9.17) is 0 Å². The van der Waals surface area contributed by atoms with Crippen LogP contribution in [-0.2, 0) is 17.9 Å². The highest BCUT2D eigenvalue weighted by Gasteiger charge is 2.23. The smallest absolute Gasteiger partial charge is 0.254 e. The van der Waals surface area contributed by atoms with E-state index in [-0.39, 0.29) is 11.8 Å². The first-order chi connectivity index (χ1) is 10.1. The van der Waals surface area contributed by atoms with E-state index >= 15 is 0 Å². The maximum absolute atomic E-state index is 12.5. The summed E-state index contributed by atoms with van der Waals surface area (Å²) in [5.74, 6) is -0.107. The number of nitrogens with zero attached hydrogens (tertiary/aromatic N) is 1.